The van der Waals surface area contributed by atoms with Crippen LogP contribution in [-0.4, -0.2) is 10.7 Å². The zero-order valence-corrected chi connectivity index (χ0v) is 12.0. The van der Waals surface area contributed by atoms with Crippen molar-refractivity contribution in [3.8, 4) is 0 Å². The summed E-state index contributed by atoms with van der Waals surface area (Å²) in [4.78, 5) is 0. The lowest BCUT2D eigenvalue weighted by Gasteiger charge is -2.19. The lowest BCUT2D eigenvalue weighted by molar-refractivity contribution is 0.0550. The van der Waals surface area contributed by atoms with Gasteiger partial charge in [-0.25, -0.2) is 0 Å². The van der Waals surface area contributed by atoms with Crippen molar-refractivity contribution >= 4 is 21.5 Å². The van der Waals surface area contributed by atoms with Crippen LogP contribution in [-0.2, 0) is 12.8 Å². The minimum atomic E-state index is -0.670. The third-order valence-corrected chi connectivity index (χ3v) is 4.69. The lowest BCUT2D eigenvalue weighted by Crippen LogP contribution is -2.28. The van der Waals surface area contributed by atoms with E-state index in [9.17, 15) is 5.11 Å². The number of fused-ring (bicyclic) bond motifs is 6. The molecule has 1 heteroatoms. The van der Waals surface area contributed by atoms with E-state index in [1.807, 2.05) is 6.08 Å². The molecular formula is C20H18O. The molecule has 0 radical (unpaired) electrons. The summed E-state index contributed by atoms with van der Waals surface area (Å²) in [6, 6.07) is 17.1. The zero-order valence-electron chi connectivity index (χ0n) is 12.0. The standard InChI is InChI=1S/C20H18O/c1-2-11-20(21)12-18-16-9-5-3-7-14(16)15-8-4-6-10-17(15)19(18)13-20/h2-10,21H,1,11-13H2. The molecule has 4 rings (SSSR count). The predicted octanol–water partition coefficient (Wildman–Crippen LogP) is 4.40. The molecular weight excluding hydrogens is 256 g/mol. The molecule has 0 saturated carbocycles. The summed E-state index contributed by atoms with van der Waals surface area (Å²) in [5.74, 6) is 0. The predicted molar refractivity (Wildman–Crippen MR) is 88.6 cm³/mol. The summed E-state index contributed by atoms with van der Waals surface area (Å²) in [5.41, 5.74) is 1.96. The van der Waals surface area contributed by atoms with Gasteiger partial charge in [-0.2, -0.15) is 0 Å². The van der Waals surface area contributed by atoms with Crippen LogP contribution in [0.2, 0.25) is 0 Å². The molecule has 3 aromatic rings. The van der Waals surface area contributed by atoms with Crippen molar-refractivity contribution < 1.29 is 5.11 Å². The summed E-state index contributed by atoms with van der Waals surface area (Å²) >= 11 is 0. The van der Waals surface area contributed by atoms with Gasteiger partial charge in [-0.3, -0.25) is 0 Å². The fraction of sp³-hybridized carbons (Fsp3) is 0.200. The molecule has 0 bridgehead atoms. The molecule has 0 heterocycles. The first-order chi connectivity index (χ1) is 10.2. The average Bonchev–Trinajstić information content (AvgIpc) is 2.86. The minimum absolute atomic E-state index is 0.643. The number of rotatable bonds is 2. The summed E-state index contributed by atoms with van der Waals surface area (Å²) in [6.07, 6.45) is 3.92. The van der Waals surface area contributed by atoms with Gasteiger partial charge >= 0.3 is 0 Å². The molecule has 0 spiro atoms. The molecule has 1 N–H and O–H groups in total. The third-order valence-electron chi connectivity index (χ3n) is 4.69. The first kappa shape index (κ1) is 12.6. The summed E-state index contributed by atoms with van der Waals surface area (Å²) < 4.78 is 0. The van der Waals surface area contributed by atoms with E-state index in [4.69, 9.17) is 0 Å². The third kappa shape index (κ3) is 1.81. The van der Waals surface area contributed by atoms with Gasteiger partial charge in [0.1, 0.15) is 0 Å². The topological polar surface area (TPSA) is 20.2 Å². The highest BCUT2D eigenvalue weighted by atomic mass is 16.3. The van der Waals surface area contributed by atoms with E-state index >= 15 is 0 Å². The van der Waals surface area contributed by atoms with Crippen molar-refractivity contribution in [2.24, 2.45) is 0 Å². The van der Waals surface area contributed by atoms with Gasteiger partial charge < -0.3 is 5.11 Å². The highest BCUT2D eigenvalue weighted by Crippen LogP contribution is 2.42. The zero-order chi connectivity index (χ0) is 14.4. The molecule has 0 atom stereocenters. The molecule has 21 heavy (non-hydrogen) atoms. The second-order valence-corrected chi connectivity index (χ2v) is 6.12. The quantitative estimate of drug-likeness (QED) is 0.542. The molecule has 104 valence electrons. The first-order valence-corrected chi connectivity index (χ1v) is 7.46. The molecule has 3 aromatic carbocycles. The maximum absolute atomic E-state index is 10.9. The Morgan fingerprint density at radius 3 is 1.71 bits per heavy atom. The number of aliphatic hydroxyl groups is 1. The van der Waals surface area contributed by atoms with Gasteiger partial charge in [0.2, 0.25) is 0 Å². The maximum Gasteiger partial charge on any atom is 0.0762 e. The Kier molecular flexibility index (Phi) is 2.66. The fourth-order valence-corrected chi connectivity index (χ4v) is 3.82. The van der Waals surface area contributed by atoms with Crippen LogP contribution in [0.4, 0.5) is 0 Å². The van der Waals surface area contributed by atoms with Crippen LogP contribution in [0.15, 0.2) is 61.2 Å². The Balaban J connectivity index is 2.10. The van der Waals surface area contributed by atoms with Crippen molar-refractivity contribution in [1.29, 1.82) is 0 Å². The van der Waals surface area contributed by atoms with Crippen molar-refractivity contribution in [3.63, 3.8) is 0 Å². The molecule has 1 nitrogen and oxygen atoms in total. The van der Waals surface area contributed by atoms with Gasteiger partial charge in [-0.1, -0.05) is 54.6 Å². The Morgan fingerprint density at radius 1 is 0.857 bits per heavy atom. The smallest absolute Gasteiger partial charge is 0.0762 e. The van der Waals surface area contributed by atoms with Crippen LogP contribution < -0.4 is 0 Å². The van der Waals surface area contributed by atoms with Gasteiger partial charge in [0.15, 0.2) is 0 Å². The molecule has 0 fully saturated rings. The lowest BCUT2D eigenvalue weighted by atomic mass is 9.93. The van der Waals surface area contributed by atoms with Crippen LogP contribution in [0.5, 0.6) is 0 Å². The van der Waals surface area contributed by atoms with Crippen LogP contribution in [0.25, 0.3) is 21.5 Å². The van der Waals surface area contributed by atoms with E-state index in [-0.39, 0.29) is 0 Å². The normalized spacial score (nSPS) is 16.2. The van der Waals surface area contributed by atoms with E-state index < -0.39 is 5.60 Å². The Hall–Kier alpha value is -2.12. The van der Waals surface area contributed by atoms with Crippen molar-refractivity contribution in [2.45, 2.75) is 24.9 Å². The van der Waals surface area contributed by atoms with E-state index in [2.05, 4.69) is 55.1 Å². The average molecular weight is 274 g/mol. The molecule has 0 saturated heterocycles. The molecule has 1 aliphatic rings. The van der Waals surface area contributed by atoms with Crippen LogP contribution in [0.1, 0.15) is 17.5 Å². The van der Waals surface area contributed by atoms with Crippen LogP contribution >= 0.6 is 0 Å². The van der Waals surface area contributed by atoms with Crippen molar-refractivity contribution in [2.75, 3.05) is 0 Å². The van der Waals surface area contributed by atoms with Crippen molar-refractivity contribution in [3.05, 3.63) is 72.3 Å². The molecule has 0 aliphatic heterocycles. The van der Waals surface area contributed by atoms with E-state index in [0.29, 0.717) is 6.42 Å². The Bertz CT molecular complexity index is 795. The largest absolute Gasteiger partial charge is 0.389 e. The van der Waals surface area contributed by atoms with Crippen LogP contribution in [0.3, 0.4) is 0 Å². The van der Waals surface area contributed by atoms with E-state index in [1.165, 1.54) is 32.7 Å². The number of hydrogen-bond acceptors (Lipinski definition) is 1. The van der Waals surface area contributed by atoms with Gasteiger partial charge in [-0.05, 0) is 39.1 Å². The van der Waals surface area contributed by atoms with Gasteiger partial charge in [0.25, 0.3) is 0 Å². The SMILES string of the molecule is C=CCC1(O)Cc2c(c3ccccc3c3ccccc23)C1. The highest BCUT2D eigenvalue weighted by Gasteiger charge is 2.36. The second-order valence-electron chi connectivity index (χ2n) is 6.12. The second kappa shape index (κ2) is 4.44. The van der Waals surface area contributed by atoms with Crippen molar-refractivity contribution in [1.82, 2.24) is 0 Å². The minimum Gasteiger partial charge on any atom is -0.389 e. The molecule has 1 aliphatic carbocycles. The van der Waals surface area contributed by atoms with Crippen LogP contribution in [0, 0.1) is 0 Å². The van der Waals surface area contributed by atoms with E-state index in [1.54, 1.807) is 0 Å². The van der Waals surface area contributed by atoms with Gasteiger partial charge in [-0.15, -0.1) is 6.58 Å². The highest BCUT2D eigenvalue weighted by molar-refractivity contribution is 6.11. The summed E-state index contributed by atoms with van der Waals surface area (Å²) in [6.45, 7) is 3.80. The van der Waals surface area contributed by atoms with E-state index in [0.717, 1.165) is 12.8 Å². The Morgan fingerprint density at radius 2 is 1.29 bits per heavy atom. The first-order valence-electron chi connectivity index (χ1n) is 7.46. The number of hydrogen-bond donors (Lipinski definition) is 1. The molecule has 0 unspecified atom stereocenters. The fourth-order valence-electron chi connectivity index (χ4n) is 3.82. The van der Waals surface area contributed by atoms with Gasteiger partial charge in [0, 0.05) is 12.8 Å². The number of benzene rings is 3. The maximum atomic E-state index is 10.9. The van der Waals surface area contributed by atoms with Gasteiger partial charge in [0.05, 0.1) is 5.60 Å². The molecule has 0 aromatic heterocycles. The monoisotopic (exact) mass is 274 g/mol. The molecule has 0 amide bonds. The summed E-state index contributed by atoms with van der Waals surface area (Å²) in [5, 5.41) is 16.0. The Labute approximate surface area is 124 Å². The summed E-state index contributed by atoms with van der Waals surface area (Å²) in [7, 11) is 0.